The molecule has 0 amide bonds. The number of carbonyl (C=O) groups excluding carboxylic acids is 1. The molecule has 0 N–H and O–H groups in total. The van der Waals surface area contributed by atoms with Crippen LogP contribution >= 0.6 is 11.8 Å². The number of methoxy groups -OCH3 is 1. The van der Waals surface area contributed by atoms with E-state index in [4.69, 9.17) is 4.74 Å². The Morgan fingerprint density at radius 3 is 2.67 bits per heavy atom. The molecule has 0 unspecified atom stereocenters. The number of thioether (sulfide) groups is 1. The third-order valence-electron chi connectivity index (χ3n) is 3.91. The van der Waals surface area contributed by atoms with Crippen molar-refractivity contribution < 1.29 is 13.9 Å². The van der Waals surface area contributed by atoms with Crippen LogP contribution in [0.25, 0.3) is 11.4 Å². The molecular weight excluding hydrogens is 365 g/mol. The Labute approximate surface area is 160 Å². The van der Waals surface area contributed by atoms with E-state index in [1.54, 1.807) is 30.3 Å². The van der Waals surface area contributed by atoms with Crippen LogP contribution in [0.2, 0.25) is 0 Å². The maximum absolute atomic E-state index is 13.2. The van der Waals surface area contributed by atoms with Gasteiger partial charge in [0.15, 0.2) is 11.0 Å². The summed E-state index contributed by atoms with van der Waals surface area (Å²) in [6, 6.07) is 13.4. The molecule has 1 heterocycles. The summed E-state index contributed by atoms with van der Waals surface area (Å²) < 4.78 is 19.9. The predicted octanol–water partition coefficient (Wildman–Crippen LogP) is 4.35. The Kier molecular flexibility index (Phi) is 6.03. The van der Waals surface area contributed by atoms with Crippen LogP contribution in [0.15, 0.2) is 66.3 Å². The van der Waals surface area contributed by atoms with E-state index in [0.29, 0.717) is 28.8 Å². The van der Waals surface area contributed by atoms with Gasteiger partial charge in [0.1, 0.15) is 5.82 Å². The molecule has 0 aliphatic heterocycles. The van der Waals surface area contributed by atoms with Crippen LogP contribution in [0.5, 0.6) is 0 Å². The number of hydrogen-bond acceptors (Lipinski definition) is 5. The lowest BCUT2D eigenvalue weighted by atomic mass is 10.1. The zero-order valence-electron chi connectivity index (χ0n) is 14.8. The van der Waals surface area contributed by atoms with Gasteiger partial charge in [0.25, 0.3) is 0 Å². The minimum absolute atomic E-state index is 0.303. The number of allylic oxidation sites excluding steroid dienone is 1. The molecule has 1 aromatic heterocycles. The van der Waals surface area contributed by atoms with E-state index in [1.165, 1.54) is 31.0 Å². The first-order valence-corrected chi connectivity index (χ1v) is 9.21. The van der Waals surface area contributed by atoms with Gasteiger partial charge in [0.2, 0.25) is 0 Å². The van der Waals surface area contributed by atoms with Crippen LogP contribution in [0.3, 0.4) is 0 Å². The average Bonchev–Trinajstić information content (AvgIpc) is 3.09. The molecule has 0 saturated heterocycles. The monoisotopic (exact) mass is 383 g/mol. The molecule has 5 nitrogen and oxygen atoms in total. The maximum atomic E-state index is 13.2. The fourth-order valence-electron chi connectivity index (χ4n) is 2.60. The lowest BCUT2D eigenvalue weighted by Crippen LogP contribution is -2.05. The molecule has 0 radical (unpaired) electrons. The molecule has 0 spiro atoms. The summed E-state index contributed by atoms with van der Waals surface area (Å²) in [5, 5.41) is 9.20. The quantitative estimate of drug-likeness (QED) is 0.345. The molecule has 0 aliphatic rings. The number of halogens is 1. The second-order valence-corrected chi connectivity index (χ2v) is 6.59. The first-order valence-electron chi connectivity index (χ1n) is 8.23. The predicted molar refractivity (Wildman–Crippen MR) is 103 cm³/mol. The minimum atomic E-state index is -0.370. The van der Waals surface area contributed by atoms with Crippen molar-refractivity contribution >= 4 is 17.7 Å². The van der Waals surface area contributed by atoms with Gasteiger partial charge in [-0.2, -0.15) is 0 Å². The van der Waals surface area contributed by atoms with E-state index < -0.39 is 0 Å². The van der Waals surface area contributed by atoms with Crippen LogP contribution in [0.1, 0.15) is 15.9 Å². The number of nitrogens with zero attached hydrogens (tertiary/aromatic N) is 3. The summed E-state index contributed by atoms with van der Waals surface area (Å²) in [7, 11) is 1.36. The topological polar surface area (TPSA) is 57.0 Å². The van der Waals surface area contributed by atoms with E-state index in [1.807, 2.05) is 16.7 Å². The highest BCUT2D eigenvalue weighted by molar-refractivity contribution is 7.98. The average molecular weight is 383 g/mol. The lowest BCUT2D eigenvalue weighted by molar-refractivity contribution is 0.0600. The Balaban J connectivity index is 1.87. The van der Waals surface area contributed by atoms with Gasteiger partial charge < -0.3 is 4.74 Å². The molecule has 3 rings (SSSR count). The van der Waals surface area contributed by atoms with Crippen molar-refractivity contribution in [1.29, 1.82) is 0 Å². The molecule has 138 valence electrons. The molecule has 0 fully saturated rings. The van der Waals surface area contributed by atoms with Gasteiger partial charge in [0.05, 0.1) is 12.7 Å². The van der Waals surface area contributed by atoms with Crippen molar-refractivity contribution in [2.45, 2.75) is 17.5 Å². The molecule has 2 aromatic carbocycles. The number of ether oxygens (including phenoxy) is 1. The van der Waals surface area contributed by atoms with Gasteiger partial charge in [-0.1, -0.05) is 36.0 Å². The minimum Gasteiger partial charge on any atom is -0.465 e. The molecule has 3 aromatic rings. The van der Waals surface area contributed by atoms with Gasteiger partial charge in [0, 0.05) is 17.9 Å². The van der Waals surface area contributed by atoms with Crippen LogP contribution in [0, 0.1) is 5.82 Å². The van der Waals surface area contributed by atoms with Crippen LogP contribution in [0.4, 0.5) is 4.39 Å². The highest BCUT2D eigenvalue weighted by Gasteiger charge is 2.16. The highest BCUT2D eigenvalue weighted by Crippen LogP contribution is 2.27. The summed E-state index contributed by atoms with van der Waals surface area (Å²) >= 11 is 1.46. The lowest BCUT2D eigenvalue weighted by Gasteiger charge is -2.09. The summed E-state index contributed by atoms with van der Waals surface area (Å²) in [6.45, 7) is 4.30. The van der Waals surface area contributed by atoms with E-state index in [9.17, 15) is 9.18 Å². The largest absolute Gasteiger partial charge is 0.465 e. The molecule has 0 atom stereocenters. The van der Waals surface area contributed by atoms with Crippen LogP contribution < -0.4 is 0 Å². The molecule has 0 saturated carbocycles. The van der Waals surface area contributed by atoms with E-state index in [-0.39, 0.29) is 11.8 Å². The number of esters is 1. The fraction of sp³-hybridized carbons (Fsp3) is 0.150. The summed E-state index contributed by atoms with van der Waals surface area (Å²) in [5.41, 5.74) is 2.15. The second kappa shape index (κ2) is 8.64. The van der Waals surface area contributed by atoms with Crippen molar-refractivity contribution in [3.8, 4) is 11.4 Å². The first-order chi connectivity index (χ1) is 13.1. The second-order valence-electron chi connectivity index (χ2n) is 5.65. The Bertz CT molecular complexity index is 954. The van der Waals surface area contributed by atoms with Gasteiger partial charge >= 0.3 is 5.97 Å². The Hall–Kier alpha value is -2.93. The van der Waals surface area contributed by atoms with Gasteiger partial charge in [-0.25, -0.2) is 9.18 Å². The van der Waals surface area contributed by atoms with E-state index >= 15 is 0 Å². The summed E-state index contributed by atoms with van der Waals surface area (Å²) in [4.78, 5) is 11.9. The van der Waals surface area contributed by atoms with Crippen molar-refractivity contribution in [2.75, 3.05) is 7.11 Å². The zero-order chi connectivity index (χ0) is 19.2. The molecule has 0 aliphatic carbocycles. The van der Waals surface area contributed by atoms with Crippen molar-refractivity contribution in [3.05, 3.63) is 78.1 Å². The number of hydrogen-bond donors (Lipinski definition) is 0. The van der Waals surface area contributed by atoms with Crippen molar-refractivity contribution in [3.63, 3.8) is 0 Å². The third kappa shape index (κ3) is 4.25. The smallest absolute Gasteiger partial charge is 0.338 e. The molecule has 27 heavy (non-hydrogen) atoms. The molecule has 0 bridgehead atoms. The van der Waals surface area contributed by atoms with E-state index in [2.05, 4.69) is 16.8 Å². The molecular formula is C20H18FN3O2S. The van der Waals surface area contributed by atoms with Crippen molar-refractivity contribution in [2.24, 2.45) is 0 Å². The van der Waals surface area contributed by atoms with E-state index in [0.717, 1.165) is 11.1 Å². The SMILES string of the molecule is C=CCn1c(SCc2ccccc2C(=O)OC)nnc1-c1ccc(F)cc1. The van der Waals surface area contributed by atoms with Crippen molar-refractivity contribution in [1.82, 2.24) is 14.8 Å². The molecule has 7 heteroatoms. The zero-order valence-corrected chi connectivity index (χ0v) is 15.6. The Morgan fingerprint density at radius 2 is 1.96 bits per heavy atom. The number of rotatable bonds is 7. The highest BCUT2D eigenvalue weighted by atomic mass is 32.2. The number of carbonyl (C=O) groups is 1. The summed E-state index contributed by atoms with van der Waals surface area (Å²) in [6.07, 6.45) is 1.75. The van der Waals surface area contributed by atoms with Gasteiger partial charge in [-0.15, -0.1) is 16.8 Å². The fourth-order valence-corrected chi connectivity index (χ4v) is 3.55. The third-order valence-corrected chi connectivity index (χ3v) is 4.93. The summed E-state index contributed by atoms with van der Waals surface area (Å²) in [5.74, 6) is 0.496. The number of benzene rings is 2. The van der Waals surface area contributed by atoms with Crippen LogP contribution in [-0.4, -0.2) is 27.8 Å². The standard InChI is InChI=1S/C20H18FN3O2S/c1-3-12-24-18(14-8-10-16(21)11-9-14)22-23-20(24)27-13-15-6-4-5-7-17(15)19(25)26-2/h3-11H,1,12-13H2,2H3. The normalized spacial score (nSPS) is 10.6. The maximum Gasteiger partial charge on any atom is 0.338 e. The Morgan fingerprint density at radius 1 is 1.22 bits per heavy atom. The van der Waals surface area contributed by atoms with Gasteiger partial charge in [-0.3, -0.25) is 4.57 Å². The number of aromatic nitrogens is 3. The first kappa shape index (κ1) is 18.8. The van der Waals surface area contributed by atoms with Crippen LogP contribution in [-0.2, 0) is 17.0 Å². The van der Waals surface area contributed by atoms with Gasteiger partial charge in [-0.05, 0) is 35.9 Å².